The summed E-state index contributed by atoms with van der Waals surface area (Å²) in [6.07, 6.45) is 7.06. The zero-order chi connectivity index (χ0) is 28.2. The number of methoxy groups -OCH3 is 2. The number of ether oxygens (including phenoxy) is 2. The second kappa shape index (κ2) is 12.7. The van der Waals surface area contributed by atoms with Gasteiger partial charge in [-0.2, -0.15) is 0 Å². The number of aryl methyl sites for hydroxylation is 2. The molecule has 3 aromatic rings. The van der Waals surface area contributed by atoms with Crippen LogP contribution in [0.2, 0.25) is 0 Å². The molecule has 6 nitrogen and oxygen atoms in total. The smallest absolute Gasteiger partial charge is 0.224 e. The van der Waals surface area contributed by atoms with E-state index in [2.05, 4.69) is 75.8 Å². The Bertz CT molecular complexity index is 1360. The van der Waals surface area contributed by atoms with Crippen molar-refractivity contribution in [2.24, 2.45) is 5.92 Å². The van der Waals surface area contributed by atoms with Crippen molar-refractivity contribution >= 4 is 11.6 Å². The fourth-order valence-electron chi connectivity index (χ4n) is 7.22. The Morgan fingerprint density at radius 3 is 2.44 bits per heavy atom. The third-order valence-corrected chi connectivity index (χ3v) is 9.37. The molecule has 0 aromatic heterocycles. The van der Waals surface area contributed by atoms with E-state index >= 15 is 0 Å². The zero-order valence-corrected chi connectivity index (χ0v) is 24.5. The minimum Gasteiger partial charge on any atom is -0.493 e. The van der Waals surface area contributed by atoms with Crippen molar-refractivity contribution in [3.8, 4) is 11.5 Å². The van der Waals surface area contributed by atoms with Crippen LogP contribution >= 0.6 is 0 Å². The van der Waals surface area contributed by atoms with Gasteiger partial charge in [-0.3, -0.25) is 14.6 Å². The molecule has 0 saturated carbocycles. The molecule has 216 valence electrons. The van der Waals surface area contributed by atoms with Gasteiger partial charge in [0.15, 0.2) is 11.5 Å². The Morgan fingerprint density at radius 1 is 0.878 bits per heavy atom. The SMILES string of the molecule is COc1cc2c(cc1OC)CN([C@@H]1CCN(Cc3ccccc3)C[C@@H]1CCC(=O)Nc1ccc3c(c1)CCC3)CC2. The number of nitrogens with one attached hydrogen (secondary N) is 1. The number of piperidine rings is 1. The third kappa shape index (κ3) is 6.44. The first kappa shape index (κ1) is 27.8. The lowest BCUT2D eigenvalue weighted by Gasteiger charge is -2.45. The second-order valence-electron chi connectivity index (χ2n) is 12.0. The molecule has 6 rings (SSSR count). The van der Waals surface area contributed by atoms with Gasteiger partial charge in [0, 0.05) is 44.3 Å². The summed E-state index contributed by atoms with van der Waals surface area (Å²) in [5, 5.41) is 3.20. The highest BCUT2D eigenvalue weighted by atomic mass is 16.5. The van der Waals surface area contributed by atoms with Crippen molar-refractivity contribution in [3.05, 3.63) is 88.5 Å². The molecule has 2 atom stereocenters. The van der Waals surface area contributed by atoms with Crippen molar-refractivity contribution in [1.82, 2.24) is 9.80 Å². The van der Waals surface area contributed by atoms with Crippen molar-refractivity contribution < 1.29 is 14.3 Å². The predicted molar refractivity (Wildman–Crippen MR) is 164 cm³/mol. The number of amides is 1. The number of rotatable bonds is 9. The summed E-state index contributed by atoms with van der Waals surface area (Å²) in [6, 6.07) is 22.0. The molecule has 0 bridgehead atoms. The van der Waals surface area contributed by atoms with E-state index in [1.807, 2.05) is 0 Å². The van der Waals surface area contributed by atoms with Crippen LogP contribution in [0.15, 0.2) is 60.7 Å². The van der Waals surface area contributed by atoms with Crippen LogP contribution in [0, 0.1) is 5.92 Å². The van der Waals surface area contributed by atoms with Crippen LogP contribution in [0.5, 0.6) is 11.5 Å². The second-order valence-corrected chi connectivity index (χ2v) is 12.0. The Hall–Kier alpha value is -3.35. The average molecular weight is 554 g/mol. The highest BCUT2D eigenvalue weighted by molar-refractivity contribution is 5.90. The Labute approximate surface area is 244 Å². The minimum absolute atomic E-state index is 0.128. The number of nitrogens with zero attached hydrogens (tertiary/aromatic N) is 2. The van der Waals surface area contributed by atoms with Crippen LogP contribution in [0.25, 0.3) is 0 Å². The molecule has 1 amide bonds. The first-order valence-corrected chi connectivity index (χ1v) is 15.3. The van der Waals surface area contributed by atoms with Crippen LogP contribution in [0.3, 0.4) is 0 Å². The van der Waals surface area contributed by atoms with Gasteiger partial charge >= 0.3 is 0 Å². The lowest BCUT2D eigenvalue weighted by Crippen LogP contribution is -2.52. The van der Waals surface area contributed by atoms with Crippen molar-refractivity contribution in [2.75, 3.05) is 39.2 Å². The van der Waals surface area contributed by atoms with E-state index in [1.165, 1.54) is 34.2 Å². The monoisotopic (exact) mass is 553 g/mol. The van der Waals surface area contributed by atoms with Gasteiger partial charge in [-0.1, -0.05) is 36.4 Å². The number of benzene rings is 3. The van der Waals surface area contributed by atoms with Gasteiger partial charge in [-0.05, 0) is 103 Å². The summed E-state index contributed by atoms with van der Waals surface area (Å²) in [6.45, 7) is 5.00. The molecule has 3 aromatic carbocycles. The van der Waals surface area contributed by atoms with Gasteiger partial charge in [-0.15, -0.1) is 0 Å². The summed E-state index contributed by atoms with van der Waals surface area (Å²) in [4.78, 5) is 18.4. The van der Waals surface area contributed by atoms with Gasteiger partial charge in [0.2, 0.25) is 5.91 Å². The van der Waals surface area contributed by atoms with Gasteiger partial charge in [0.1, 0.15) is 0 Å². The highest BCUT2D eigenvalue weighted by Crippen LogP contribution is 2.36. The van der Waals surface area contributed by atoms with Crippen LogP contribution < -0.4 is 14.8 Å². The fraction of sp³-hybridized carbons (Fsp3) is 0.457. The number of fused-ring (bicyclic) bond motifs is 2. The average Bonchev–Trinajstić information content (AvgIpc) is 3.48. The molecule has 6 heteroatoms. The summed E-state index contributed by atoms with van der Waals surface area (Å²) in [7, 11) is 3.41. The van der Waals surface area contributed by atoms with Gasteiger partial charge in [0.05, 0.1) is 14.2 Å². The Morgan fingerprint density at radius 2 is 1.63 bits per heavy atom. The fourth-order valence-corrected chi connectivity index (χ4v) is 7.22. The molecule has 3 aliphatic rings. The lowest BCUT2D eigenvalue weighted by atomic mass is 9.85. The molecule has 1 aliphatic carbocycles. The molecule has 1 N–H and O–H groups in total. The first-order valence-electron chi connectivity index (χ1n) is 15.3. The normalized spacial score (nSPS) is 20.7. The number of anilines is 1. The third-order valence-electron chi connectivity index (χ3n) is 9.37. The molecule has 1 saturated heterocycles. The minimum atomic E-state index is 0.128. The molecular formula is C35H43N3O3. The maximum absolute atomic E-state index is 13.1. The summed E-state index contributed by atoms with van der Waals surface area (Å²) < 4.78 is 11.2. The Balaban J connectivity index is 1.15. The van der Waals surface area contributed by atoms with E-state index in [0.29, 0.717) is 18.4 Å². The number of carbonyl (C=O) groups is 1. The molecule has 0 radical (unpaired) electrons. The summed E-state index contributed by atoms with van der Waals surface area (Å²) >= 11 is 0. The maximum Gasteiger partial charge on any atom is 0.224 e. The highest BCUT2D eigenvalue weighted by Gasteiger charge is 2.35. The van der Waals surface area contributed by atoms with Crippen molar-refractivity contribution in [3.63, 3.8) is 0 Å². The topological polar surface area (TPSA) is 54.0 Å². The number of hydrogen-bond acceptors (Lipinski definition) is 5. The molecule has 2 aliphatic heterocycles. The van der Waals surface area contributed by atoms with Gasteiger partial charge in [0.25, 0.3) is 0 Å². The van der Waals surface area contributed by atoms with Crippen molar-refractivity contribution in [2.45, 2.75) is 64.1 Å². The van der Waals surface area contributed by atoms with E-state index in [4.69, 9.17) is 9.47 Å². The van der Waals surface area contributed by atoms with Crippen LogP contribution in [-0.4, -0.2) is 55.6 Å². The van der Waals surface area contributed by atoms with Crippen LogP contribution in [0.4, 0.5) is 5.69 Å². The van der Waals surface area contributed by atoms with Crippen LogP contribution in [-0.2, 0) is 37.1 Å². The number of hydrogen-bond donors (Lipinski definition) is 1. The molecule has 0 spiro atoms. The number of likely N-dealkylation sites (tertiary alicyclic amines) is 1. The molecule has 0 unspecified atom stereocenters. The zero-order valence-electron chi connectivity index (χ0n) is 24.5. The number of carbonyl (C=O) groups excluding carboxylic acids is 1. The van der Waals surface area contributed by atoms with Crippen LogP contribution in [0.1, 0.15) is 53.5 Å². The Kier molecular flexibility index (Phi) is 8.59. The predicted octanol–water partition coefficient (Wildman–Crippen LogP) is 5.86. The van der Waals surface area contributed by atoms with E-state index in [1.54, 1.807) is 14.2 Å². The van der Waals surface area contributed by atoms with Crippen molar-refractivity contribution in [1.29, 1.82) is 0 Å². The molecule has 2 heterocycles. The van der Waals surface area contributed by atoms with E-state index in [-0.39, 0.29) is 5.91 Å². The standard InChI is InChI=1S/C35H43N3O3/c1-40-33-20-28-15-18-38(24-30(28)21-34(33)41-2)32-16-17-37(22-25-7-4-3-5-8-25)23-29(32)12-14-35(39)36-31-13-11-26-9-6-10-27(26)19-31/h3-5,7-8,11,13,19-21,29,32H,6,9-10,12,14-18,22-24H2,1-2H3,(H,36,39)/t29-,32+/m0/s1. The molecule has 1 fully saturated rings. The van der Waals surface area contributed by atoms with E-state index < -0.39 is 0 Å². The van der Waals surface area contributed by atoms with Gasteiger partial charge in [-0.25, -0.2) is 0 Å². The van der Waals surface area contributed by atoms with Gasteiger partial charge < -0.3 is 14.8 Å². The molecule has 41 heavy (non-hydrogen) atoms. The first-order chi connectivity index (χ1) is 20.1. The van der Waals surface area contributed by atoms with E-state index in [9.17, 15) is 4.79 Å². The quantitative estimate of drug-likeness (QED) is 0.360. The lowest BCUT2D eigenvalue weighted by molar-refractivity contribution is -0.116. The van der Waals surface area contributed by atoms with E-state index in [0.717, 1.165) is 82.0 Å². The summed E-state index contributed by atoms with van der Waals surface area (Å²) in [5.41, 5.74) is 7.81. The maximum atomic E-state index is 13.1. The molecular weight excluding hydrogens is 510 g/mol. The largest absolute Gasteiger partial charge is 0.493 e. The summed E-state index contributed by atoms with van der Waals surface area (Å²) in [5.74, 6) is 2.16.